The highest BCUT2D eigenvalue weighted by atomic mass is 16.5. The zero-order valence-electron chi connectivity index (χ0n) is 19.2. The van der Waals surface area contributed by atoms with E-state index in [0.29, 0.717) is 56.7 Å². The first-order valence-electron chi connectivity index (χ1n) is 12.5. The lowest BCUT2D eigenvalue weighted by atomic mass is 10.0. The summed E-state index contributed by atoms with van der Waals surface area (Å²) in [6.07, 6.45) is 6.40. The van der Waals surface area contributed by atoms with Gasteiger partial charge in [-0.25, -0.2) is 0 Å². The van der Waals surface area contributed by atoms with Gasteiger partial charge in [-0.1, -0.05) is 12.1 Å². The van der Waals surface area contributed by atoms with Crippen molar-refractivity contribution in [2.75, 3.05) is 32.9 Å². The molecule has 4 aliphatic heterocycles. The predicted molar refractivity (Wildman–Crippen MR) is 122 cm³/mol. The van der Waals surface area contributed by atoms with Crippen LogP contribution in [0.3, 0.4) is 0 Å². The quantitative estimate of drug-likeness (QED) is 0.670. The molecule has 5 rings (SSSR count). The Morgan fingerprint density at radius 2 is 1.76 bits per heavy atom. The number of fused-ring (bicyclic) bond motifs is 5. The van der Waals surface area contributed by atoms with E-state index in [0.717, 1.165) is 38.5 Å². The Balaban J connectivity index is 1.38. The van der Waals surface area contributed by atoms with Gasteiger partial charge in [0.2, 0.25) is 5.91 Å². The van der Waals surface area contributed by atoms with Crippen LogP contribution in [-0.2, 0) is 14.3 Å². The molecule has 4 heterocycles. The van der Waals surface area contributed by atoms with E-state index in [1.54, 1.807) is 6.07 Å². The summed E-state index contributed by atoms with van der Waals surface area (Å²) >= 11 is 0. The zero-order valence-corrected chi connectivity index (χ0v) is 19.2. The molecule has 0 radical (unpaired) electrons. The first-order valence-corrected chi connectivity index (χ1v) is 12.5. The molecule has 33 heavy (non-hydrogen) atoms. The Morgan fingerprint density at radius 3 is 2.64 bits per heavy atom. The van der Waals surface area contributed by atoms with Crippen molar-refractivity contribution in [3.05, 3.63) is 29.8 Å². The van der Waals surface area contributed by atoms with Crippen molar-refractivity contribution in [2.24, 2.45) is 0 Å². The van der Waals surface area contributed by atoms with Gasteiger partial charge in [-0.05, 0) is 50.7 Å². The van der Waals surface area contributed by atoms with Crippen LogP contribution >= 0.6 is 0 Å². The van der Waals surface area contributed by atoms with Gasteiger partial charge in [-0.15, -0.1) is 0 Å². The third-order valence-corrected chi connectivity index (χ3v) is 7.41. The maximum Gasteiger partial charge on any atom is 0.255 e. The summed E-state index contributed by atoms with van der Waals surface area (Å²) in [5.41, 5.74) is 0.539. The van der Waals surface area contributed by atoms with E-state index in [4.69, 9.17) is 14.2 Å². The van der Waals surface area contributed by atoms with E-state index in [1.165, 1.54) is 0 Å². The van der Waals surface area contributed by atoms with Crippen LogP contribution in [0, 0.1) is 0 Å². The number of nitrogens with zero attached hydrogens (tertiary/aromatic N) is 1. The van der Waals surface area contributed by atoms with Crippen molar-refractivity contribution in [1.29, 1.82) is 0 Å². The number of likely N-dealkylation sites (tertiary alicyclic amines) is 1. The summed E-state index contributed by atoms with van der Waals surface area (Å²) in [4.78, 5) is 28.7. The van der Waals surface area contributed by atoms with E-state index in [9.17, 15) is 9.59 Å². The van der Waals surface area contributed by atoms with Gasteiger partial charge < -0.3 is 24.8 Å². The molecule has 4 atom stereocenters. The number of amides is 2. The van der Waals surface area contributed by atoms with Crippen LogP contribution < -0.4 is 15.4 Å². The van der Waals surface area contributed by atoms with E-state index in [1.807, 2.05) is 18.2 Å². The van der Waals surface area contributed by atoms with Crippen molar-refractivity contribution in [3.8, 4) is 5.75 Å². The fourth-order valence-corrected chi connectivity index (χ4v) is 5.66. The van der Waals surface area contributed by atoms with Gasteiger partial charge in [0.1, 0.15) is 5.75 Å². The van der Waals surface area contributed by atoms with Crippen molar-refractivity contribution >= 4 is 11.8 Å². The Hall–Kier alpha value is -2.16. The summed E-state index contributed by atoms with van der Waals surface area (Å²) in [7, 11) is 0. The van der Waals surface area contributed by atoms with Crippen LogP contribution in [0.2, 0.25) is 0 Å². The maximum atomic E-state index is 13.3. The Kier molecular flexibility index (Phi) is 7.13. The molecule has 0 saturated carbocycles. The van der Waals surface area contributed by atoms with Crippen LogP contribution in [0.25, 0.3) is 0 Å². The molecular weight excluding hydrogens is 422 g/mol. The average Bonchev–Trinajstić information content (AvgIpc) is 3.27. The molecule has 0 spiro atoms. The minimum atomic E-state index is -0.253. The number of hydrogen-bond acceptors (Lipinski definition) is 6. The standard InChI is InChI=1S/C25H35N3O5/c29-24-21-6-1-2-7-23(21)32-13-10-19-4-3-5-20(33-19)15-26-25(30)22-14-17(27-24)16-28(22)18-8-11-31-12-9-18/h1-2,6-7,17-20,22H,3-5,8-16H2,(H,26,30)(H,27,29)/t17-,19-,20-,22-/m0/s1. The minimum absolute atomic E-state index is 0.0415. The molecule has 0 unspecified atom stereocenters. The SMILES string of the molecule is O=C1N[C@H]2C[C@@H](C(=O)NC[C@@H]3CCC[C@@H](CCOc4ccccc41)O3)N(C1CCOCC1)C2. The first kappa shape index (κ1) is 22.6. The van der Waals surface area contributed by atoms with E-state index in [-0.39, 0.29) is 36.1 Å². The predicted octanol–water partition coefficient (Wildman–Crippen LogP) is 1.87. The van der Waals surface area contributed by atoms with Crippen LogP contribution in [0.5, 0.6) is 5.75 Å². The second kappa shape index (κ2) is 10.4. The summed E-state index contributed by atoms with van der Waals surface area (Å²) in [6.45, 7) is 3.13. The topological polar surface area (TPSA) is 89.1 Å². The lowest BCUT2D eigenvalue weighted by Crippen LogP contribution is -2.51. The molecule has 180 valence electrons. The molecule has 1 aromatic carbocycles. The third kappa shape index (κ3) is 5.34. The van der Waals surface area contributed by atoms with Crippen molar-refractivity contribution in [3.63, 3.8) is 0 Å². The number of carbonyl (C=O) groups is 2. The van der Waals surface area contributed by atoms with E-state index in [2.05, 4.69) is 15.5 Å². The van der Waals surface area contributed by atoms with Crippen LogP contribution in [0.4, 0.5) is 0 Å². The lowest BCUT2D eigenvalue weighted by molar-refractivity contribution is -0.128. The number of benzene rings is 1. The Morgan fingerprint density at radius 1 is 0.939 bits per heavy atom. The molecule has 4 bridgehead atoms. The smallest absolute Gasteiger partial charge is 0.255 e. The number of ether oxygens (including phenoxy) is 3. The summed E-state index contributed by atoms with van der Waals surface area (Å²) in [5.74, 6) is 0.493. The fraction of sp³-hybridized carbons (Fsp3) is 0.680. The number of rotatable bonds is 1. The molecule has 8 heteroatoms. The van der Waals surface area contributed by atoms with Gasteiger partial charge in [0.15, 0.2) is 0 Å². The minimum Gasteiger partial charge on any atom is -0.493 e. The maximum absolute atomic E-state index is 13.3. The monoisotopic (exact) mass is 457 g/mol. The molecular formula is C25H35N3O5. The molecule has 0 aliphatic carbocycles. The normalized spacial score (nSPS) is 32.4. The van der Waals surface area contributed by atoms with Crippen LogP contribution in [-0.4, -0.2) is 80.0 Å². The highest BCUT2D eigenvalue weighted by molar-refractivity contribution is 5.97. The van der Waals surface area contributed by atoms with Crippen molar-refractivity contribution < 1.29 is 23.8 Å². The number of hydrogen-bond donors (Lipinski definition) is 2. The molecule has 3 saturated heterocycles. The van der Waals surface area contributed by atoms with Gasteiger partial charge in [0.05, 0.1) is 30.4 Å². The van der Waals surface area contributed by atoms with Crippen molar-refractivity contribution in [1.82, 2.24) is 15.5 Å². The van der Waals surface area contributed by atoms with Crippen LogP contribution in [0.15, 0.2) is 24.3 Å². The molecule has 2 N–H and O–H groups in total. The average molecular weight is 458 g/mol. The van der Waals surface area contributed by atoms with Crippen LogP contribution in [0.1, 0.15) is 55.3 Å². The number of nitrogens with one attached hydrogen (secondary N) is 2. The van der Waals surface area contributed by atoms with Crippen molar-refractivity contribution in [2.45, 2.75) is 75.3 Å². The number of para-hydroxylation sites is 1. The third-order valence-electron chi connectivity index (χ3n) is 7.41. The summed E-state index contributed by atoms with van der Waals surface area (Å²) in [5, 5.41) is 6.34. The molecule has 3 fully saturated rings. The van der Waals surface area contributed by atoms with Gasteiger partial charge in [-0.2, -0.15) is 0 Å². The van der Waals surface area contributed by atoms with Gasteiger partial charge in [0.25, 0.3) is 5.91 Å². The largest absolute Gasteiger partial charge is 0.493 e. The Labute approximate surface area is 195 Å². The van der Waals surface area contributed by atoms with Gasteiger partial charge in [0, 0.05) is 44.8 Å². The second-order valence-corrected chi connectivity index (χ2v) is 9.65. The molecule has 1 aromatic rings. The van der Waals surface area contributed by atoms with Gasteiger partial charge >= 0.3 is 0 Å². The highest BCUT2D eigenvalue weighted by Gasteiger charge is 2.41. The fourth-order valence-electron chi connectivity index (χ4n) is 5.66. The highest BCUT2D eigenvalue weighted by Crippen LogP contribution is 2.28. The molecule has 4 aliphatic rings. The molecule has 0 aromatic heterocycles. The lowest BCUT2D eigenvalue weighted by Gasteiger charge is -2.35. The molecule has 2 amide bonds. The zero-order chi connectivity index (χ0) is 22.6. The van der Waals surface area contributed by atoms with E-state index < -0.39 is 0 Å². The van der Waals surface area contributed by atoms with Gasteiger partial charge in [-0.3, -0.25) is 14.5 Å². The summed E-state index contributed by atoms with van der Waals surface area (Å²) < 4.78 is 17.8. The Bertz CT molecular complexity index is 843. The van der Waals surface area contributed by atoms with E-state index >= 15 is 0 Å². The number of carbonyl (C=O) groups excluding carboxylic acids is 2. The first-order chi connectivity index (χ1) is 16.2. The summed E-state index contributed by atoms with van der Waals surface area (Å²) in [6, 6.07) is 7.35. The molecule has 8 nitrogen and oxygen atoms in total. The second-order valence-electron chi connectivity index (χ2n) is 9.65.